The summed E-state index contributed by atoms with van der Waals surface area (Å²) in [5, 5.41) is 0.626. The average molecular weight is 487 g/mol. The van der Waals surface area contributed by atoms with E-state index in [4.69, 9.17) is 4.74 Å². The van der Waals surface area contributed by atoms with Crippen molar-refractivity contribution in [2.45, 2.75) is 0 Å². The molecule has 0 atom stereocenters. The van der Waals surface area contributed by atoms with Crippen molar-refractivity contribution in [3.8, 4) is 11.3 Å². The number of ether oxygens (including phenoxy) is 1. The number of halogens is 1. The Morgan fingerprint density at radius 3 is 2.19 bits per heavy atom. The van der Waals surface area contributed by atoms with Gasteiger partial charge in [0.25, 0.3) is 11.8 Å². The minimum Gasteiger partial charge on any atom is -0.440 e. The fourth-order valence-electron chi connectivity index (χ4n) is 3.67. The summed E-state index contributed by atoms with van der Waals surface area (Å²) in [5.74, 6) is -1.60. The van der Waals surface area contributed by atoms with Gasteiger partial charge in [-0.15, -0.1) is 0 Å². The number of fused-ring (bicyclic) bond motifs is 2. The monoisotopic (exact) mass is 486 g/mol. The number of esters is 1. The number of benzene rings is 3. The molecule has 7 heteroatoms. The van der Waals surface area contributed by atoms with Gasteiger partial charge in [-0.05, 0) is 36.4 Å². The first-order chi connectivity index (χ1) is 15.5. The maximum Gasteiger partial charge on any atom is 0.340 e. The van der Waals surface area contributed by atoms with Crippen LogP contribution in [0.15, 0.2) is 83.3 Å². The zero-order valence-corrected chi connectivity index (χ0v) is 18.2. The number of carbonyl (C=O) groups excluding carboxylic acids is 3. The van der Waals surface area contributed by atoms with Gasteiger partial charge in [-0.1, -0.05) is 58.4 Å². The lowest BCUT2D eigenvalue weighted by Gasteiger charge is -2.15. The van der Waals surface area contributed by atoms with E-state index in [9.17, 15) is 14.4 Å². The summed E-state index contributed by atoms with van der Waals surface area (Å²) in [5.41, 5.74) is 3.02. The number of amides is 2. The highest BCUT2D eigenvalue weighted by atomic mass is 79.9. The molecule has 156 valence electrons. The number of pyridine rings is 1. The van der Waals surface area contributed by atoms with Gasteiger partial charge >= 0.3 is 5.97 Å². The van der Waals surface area contributed by atoms with Gasteiger partial charge < -0.3 is 4.74 Å². The molecule has 0 saturated carbocycles. The smallest absolute Gasteiger partial charge is 0.340 e. The number of aromatic nitrogens is 1. The molecule has 4 aromatic rings. The molecule has 0 aliphatic carbocycles. The lowest BCUT2D eigenvalue weighted by molar-refractivity contribution is 0.0229. The number of carbonyl (C=O) groups is 3. The minimum absolute atomic E-state index is 0.306. The van der Waals surface area contributed by atoms with Gasteiger partial charge in [0.1, 0.15) is 0 Å². The first kappa shape index (κ1) is 20.1. The van der Waals surface area contributed by atoms with Crippen molar-refractivity contribution < 1.29 is 19.1 Å². The summed E-state index contributed by atoms with van der Waals surface area (Å²) < 4.78 is 6.35. The second-order valence-corrected chi connectivity index (χ2v) is 8.14. The Morgan fingerprint density at radius 1 is 0.875 bits per heavy atom. The summed E-state index contributed by atoms with van der Waals surface area (Å²) in [6.07, 6.45) is 0. The molecule has 0 saturated heterocycles. The second-order valence-electron chi connectivity index (χ2n) is 7.22. The highest BCUT2D eigenvalue weighted by Crippen LogP contribution is 2.27. The Bertz CT molecular complexity index is 1360. The molecule has 0 unspecified atom stereocenters. The predicted octanol–water partition coefficient (Wildman–Crippen LogP) is 5.07. The molecule has 0 fully saturated rings. The normalized spacial score (nSPS) is 12.8. The van der Waals surface area contributed by atoms with Gasteiger partial charge in [0.05, 0.1) is 27.9 Å². The molecule has 1 aromatic heterocycles. The Kier molecular flexibility index (Phi) is 5.03. The molecule has 2 amide bonds. The molecule has 6 nitrogen and oxygen atoms in total. The molecule has 0 spiro atoms. The van der Waals surface area contributed by atoms with Crippen LogP contribution in [0.3, 0.4) is 0 Å². The number of imide groups is 1. The number of hydrogen-bond donors (Lipinski definition) is 0. The van der Waals surface area contributed by atoms with Gasteiger partial charge in [-0.25, -0.2) is 14.7 Å². The third-order valence-electron chi connectivity index (χ3n) is 5.28. The molecule has 0 N–H and O–H groups in total. The van der Waals surface area contributed by atoms with E-state index in [1.165, 1.54) is 0 Å². The zero-order valence-electron chi connectivity index (χ0n) is 16.6. The van der Waals surface area contributed by atoms with Crippen molar-refractivity contribution >= 4 is 44.6 Å². The van der Waals surface area contributed by atoms with Crippen LogP contribution in [0.25, 0.3) is 22.2 Å². The molecule has 2 heterocycles. The molecule has 32 heavy (non-hydrogen) atoms. The van der Waals surface area contributed by atoms with Crippen molar-refractivity contribution in [1.29, 1.82) is 0 Å². The number of rotatable bonds is 4. The highest BCUT2D eigenvalue weighted by Gasteiger charge is 2.36. The van der Waals surface area contributed by atoms with Crippen LogP contribution < -0.4 is 0 Å². The van der Waals surface area contributed by atoms with Crippen molar-refractivity contribution in [3.05, 3.63) is 100 Å². The van der Waals surface area contributed by atoms with E-state index < -0.39 is 24.5 Å². The van der Waals surface area contributed by atoms with Gasteiger partial charge in [-0.2, -0.15) is 0 Å². The fraction of sp³-hybridized carbons (Fsp3) is 0.0400. The van der Waals surface area contributed by atoms with E-state index in [0.29, 0.717) is 33.3 Å². The van der Waals surface area contributed by atoms with Gasteiger partial charge in [-0.3, -0.25) is 9.59 Å². The second kappa shape index (κ2) is 8.01. The molecule has 1 aliphatic heterocycles. The summed E-state index contributed by atoms with van der Waals surface area (Å²) in [4.78, 5) is 43.7. The van der Waals surface area contributed by atoms with E-state index in [-0.39, 0.29) is 0 Å². The van der Waals surface area contributed by atoms with Gasteiger partial charge in [0.15, 0.2) is 6.73 Å². The summed E-state index contributed by atoms with van der Waals surface area (Å²) in [7, 11) is 0. The highest BCUT2D eigenvalue weighted by molar-refractivity contribution is 9.10. The standard InChI is InChI=1S/C25H15BrN2O4/c26-16-11-9-15(10-12-16)22-13-20(17-5-3-4-8-21(17)27-22)25(31)32-14-28-23(29)18-6-1-2-7-19(18)24(28)30/h1-13H,14H2. The molecule has 1 aliphatic rings. The van der Waals surface area contributed by atoms with Crippen LogP contribution in [0.2, 0.25) is 0 Å². The molecule has 3 aromatic carbocycles. The van der Waals surface area contributed by atoms with Gasteiger partial charge in [0, 0.05) is 15.4 Å². The summed E-state index contributed by atoms with van der Waals surface area (Å²) in [6.45, 7) is -0.463. The van der Waals surface area contributed by atoms with E-state index in [1.54, 1.807) is 36.4 Å². The lowest BCUT2D eigenvalue weighted by atomic mass is 10.0. The molecule has 0 radical (unpaired) electrons. The van der Waals surface area contributed by atoms with Crippen molar-refractivity contribution in [2.75, 3.05) is 6.73 Å². The van der Waals surface area contributed by atoms with Crippen molar-refractivity contribution in [3.63, 3.8) is 0 Å². The fourth-order valence-corrected chi connectivity index (χ4v) is 3.93. The third-order valence-corrected chi connectivity index (χ3v) is 5.81. The van der Waals surface area contributed by atoms with Crippen LogP contribution in [0.4, 0.5) is 0 Å². The molecule has 0 bridgehead atoms. The SMILES string of the molecule is O=C(OCN1C(=O)c2ccccc2C1=O)c1cc(-c2ccc(Br)cc2)nc2ccccc12. The van der Waals surface area contributed by atoms with E-state index in [1.807, 2.05) is 42.5 Å². The Balaban J connectivity index is 1.45. The van der Waals surface area contributed by atoms with Gasteiger partial charge in [0.2, 0.25) is 0 Å². The van der Waals surface area contributed by atoms with Crippen molar-refractivity contribution in [1.82, 2.24) is 9.88 Å². The van der Waals surface area contributed by atoms with Crippen LogP contribution in [0, 0.1) is 0 Å². The predicted molar refractivity (Wildman–Crippen MR) is 122 cm³/mol. The third kappa shape index (κ3) is 3.46. The van der Waals surface area contributed by atoms with Crippen LogP contribution in [-0.4, -0.2) is 34.4 Å². The quantitative estimate of drug-likeness (QED) is 0.297. The van der Waals surface area contributed by atoms with Crippen molar-refractivity contribution in [2.24, 2.45) is 0 Å². The largest absolute Gasteiger partial charge is 0.440 e. The first-order valence-electron chi connectivity index (χ1n) is 9.81. The Labute approximate surface area is 191 Å². The minimum atomic E-state index is -0.640. The van der Waals surface area contributed by atoms with E-state index in [0.717, 1.165) is 14.9 Å². The number of nitrogens with zero attached hydrogens (tertiary/aromatic N) is 2. The summed E-state index contributed by atoms with van der Waals surface area (Å²) >= 11 is 3.41. The summed E-state index contributed by atoms with van der Waals surface area (Å²) in [6, 6.07) is 23.0. The average Bonchev–Trinajstić information content (AvgIpc) is 3.07. The van der Waals surface area contributed by atoms with Crippen LogP contribution >= 0.6 is 15.9 Å². The molecule has 5 rings (SSSR count). The van der Waals surface area contributed by atoms with Crippen LogP contribution in [0.5, 0.6) is 0 Å². The maximum absolute atomic E-state index is 13.0. The Morgan fingerprint density at radius 2 is 1.50 bits per heavy atom. The first-order valence-corrected chi connectivity index (χ1v) is 10.6. The molecular formula is C25H15BrN2O4. The number of para-hydroxylation sites is 1. The van der Waals surface area contributed by atoms with Crippen LogP contribution in [0.1, 0.15) is 31.1 Å². The zero-order chi connectivity index (χ0) is 22.2. The molecular weight excluding hydrogens is 472 g/mol. The van der Waals surface area contributed by atoms with Crippen LogP contribution in [-0.2, 0) is 4.74 Å². The topological polar surface area (TPSA) is 76.6 Å². The lowest BCUT2D eigenvalue weighted by Crippen LogP contribution is -2.33. The van der Waals surface area contributed by atoms with E-state index >= 15 is 0 Å². The number of hydrogen-bond acceptors (Lipinski definition) is 5. The Hall–Kier alpha value is -3.84. The van der Waals surface area contributed by atoms with E-state index in [2.05, 4.69) is 20.9 Å². The maximum atomic E-state index is 13.0.